The predicted octanol–water partition coefficient (Wildman–Crippen LogP) is 1.42. The van der Waals surface area contributed by atoms with E-state index < -0.39 is 6.10 Å². The molecule has 2 aliphatic heterocycles. The minimum atomic E-state index is -0.475. The van der Waals surface area contributed by atoms with E-state index in [2.05, 4.69) is 12.1 Å². The van der Waals surface area contributed by atoms with Gasteiger partial charge in [0.2, 0.25) is 6.79 Å². The summed E-state index contributed by atoms with van der Waals surface area (Å²) >= 11 is 0. The molecule has 6 heteroatoms. The Morgan fingerprint density at radius 1 is 1.14 bits per heavy atom. The molecule has 2 aromatic rings. The van der Waals surface area contributed by atoms with Crippen LogP contribution in [0, 0.1) is 6.92 Å². The van der Waals surface area contributed by atoms with E-state index in [-0.39, 0.29) is 5.91 Å². The third kappa shape index (κ3) is 4.22. The lowest BCUT2D eigenvalue weighted by molar-refractivity contribution is -0.917. The smallest absolute Gasteiger partial charge is 0.263 e. The normalized spacial score (nSPS) is 17.4. The summed E-state index contributed by atoms with van der Waals surface area (Å²) in [5.41, 5.74) is 2.35. The number of rotatable bonds is 5. The van der Waals surface area contributed by atoms with Crippen LogP contribution in [0.15, 0.2) is 42.5 Å². The van der Waals surface area contributed by atoms with Crippen LogP contribution in [0.2, 0.25) is 0 Å². The van der Waals surface area contributed by atoms with Crippen LogP contribution in [-0.2, 0) is 11.3 Å². The monoisotopic (exact) mass is 383 g/mol. The quantitative estimate of drug-likeness (QED) is 0.849. The van der Waals surface area contributed by atoms with Gasteiger partial charge in [0.25, 0.3) is 5.91 Å². The SMILES string of the molecule is Cc1cccc(O[C@H](C)C(=O)N2CC[NH+](Cc3ccc4c(c3)OCO4)CC2)c1. The standard InChI is InChI=1S/C22H26N2O4/c1-16-4-3-5-19(12-16)28-17(2)22(25)24-10-8-23(9-11-24)14-18-6-7-20-21(13-18)27-15-26-20/h3-7,12-13,17H,8-11,14-15H2,1-2H3/p+1/t17-/m1/s1. The van der Waals surface area contributed by atoms with Crippen molar-refractivity contribution in [3.05, 3.63) is 53.6 Å². The summed E-state index contributed by atoms with van der Waals surface area (Å²) in [6, 6.07) is 13.9. The minimum Gasteiger partial charge on any atom is -0.481 e. The summed E-state index contributed by atoms with van der Waals surface area (Å²) in [5.74, 6) is 2.45. The van der Waals surface area contributed by atoms with Crippen LogP contribution in [0.3, 0.4) is 0 Å². The number of ether oxygens (including phenoxy) is 3. The number of nitrogens with zero attached hydrogens (tertiary/aromatic N) is 1. The highest BCUT2D eigenvalue weighted by Gasteiger charge is 2.28. The molecule has 1 N–H and O–H groups in total. The van der Waals surface area contributed by atoms with Gasteiger partial charge in [0, 0.05) is 5.56 Å². The number of carbonyl (C=O) groups is 1. The average Bonchev–Trinajstić information content (AvgIpc) is 3.16. The lowest BCUT2D eigenvalue weighted by Gasteiger charge is -2.33. The molecule has 6 nitrogen and oxygen atoms in total. The maximum atomic E-state index is 12.7. The average molecular weight is 383 g/mol. The molecule has 0 bridgehead atoms. The van der Waals surface area contributed by atoms with Crippen molar-refractivity contribution in [2.75, 3.05) is 33.0 Å². The highest BCUT2D eigenvalue weighted by Crippen LogP contribution is 2.32. The van der Waals surface area contributed by atoms with Crippen LogP contribution < -0.4 is 19.1 Å². The Labute approximate surface area is 165 Å². The zero-order valence-corrected chi connectivity index (χ0v) is 16.4. The molecule has 1 saturated heterocycles. The largest absolute Gasteiger partial charge is 0.481 e. The van der Waals surface area contributed by atoms with Gasteiger partial charge in [-0.25, -0.2) is 0 Å². The first-order chi connectivity index (χ1) is 13.6. The van der Waals surface area contributed by atoms with E-state index in [0.29, 0.717) is 6.79 Å². The summed E-state index contributed by atoms with van der Waals surface area (Å²) in [4.78, 5) is 16.1. The number of carbonyl (C=O) groups excluding carboxylic acids is 1. The Bertz CT molecular complexity index is 846. The molecule has 28 heavy (non-hydrogen) atoms. The van der Waals surface area contributed by atoms with E-state index in [1.54, 1.807) is 0 Å². The molecule has 1 atom stereocenters. The van der Waals surface area contributed by atoms with Gasteiger partial charge in [-0.05, 0) is 49.7 Å². The number of quaternary nitrogens is 1. The molecule has 0 aromatic heterocycles. The molecule has 1 amide bonds. The Morgan fingerprint density at radius 2 is 1.93 bits per heavy atom. The molecule has 148 valence electrons. The Balaban J connectivity index is 1.28. The van der Waals surface area contributed by atoms with Gasteiger partial charge in [0.1, 0.15) is 12.3 Å². The van der Waals surface area contributed by atoms with Gasteiger partial charge in [-0.2, -0.15) is 0 Å². The zero-order valence-electron chi connectivity index (χ0n) is 16.4. The highest BCUT2D eigenvalue weighted by atomic mass is 16.7. The number of hydrogen-bond donors (Lipinski definition) is 1. The van der Waals surface area contributed by atoms with Crippen LogP contribution in [-0.4, -0.2) is 49.9 Å². The highest BCUT2D eigenvalue weighted by molar-refractivity contribution is 5.81. The van der Waals surface area contributed by atoms with E-state index in [1.807, 2.05) is 49.1 Å². The number of aryl methyl sites for hydroxylation is 1. The van der Waals surface area contributed by atoms with Crippen molar-refractivity contribution in [3.63, 3.8) is 0 Å². The molecule has 0 saturated carbocycles. The maximum Gasteiger partial charge on any atom is 0.263 e. The van der Waals surface area contributed by atoms with Crippen LogP contribution in [0.5, 0.6) is 17.2 Å². The Morgan fingerprint density at radius 3 is 2.71 bits per heavy atom. The topological polar surface area (TPSA) is 52.4 Å². The fraction of sp³-hybridized carbons (Fsp3) is 0.409. The molecule has 0 spiro atoms. The van der Waals surface area contributed by atoms with Gasteiger partial charge in [-0.1, -0.05) is 12.1 Å². The van der Waals surface area contributed by atoms with E-state index in [4.69, 9.17) is 14.2 Å². The second-order valence-corrected chi connectivity index (χ2v) is 7.52. The van der Waals surface area contributed by atoms with Crippen LogP contribution in [0.1, 0.15) is 18.1 Å². The molecule has 0 aliphatic carbocycles. The number of benzene rings is 2. The molecule has 2 heterocycles. The van der Waals surface area contributed by atoms with Crippen molar-refractivity contribution >= 4 is 5.91 Å². The predicted molar refractivity (Wildman–Crippen MR) is 105 cm³/mol. The fourth-order valence-electron chi connectivity index (χ4n) is 3.76. The van der Waals surface area contributed by atoms with Crippen molar-refractivity contribution < 1.29 is 23.9 Å². The zero-order chi connectivity index (χ0) is 19.5. The summed E-state index contributed by atoms with van der Waals surface area (Å²) in [6.07, 6.45) is -0.475. The van der Waals surface area contributed by atoms with E-state index >= 15 is 0 Å². The van der Waals surface area contributed by atoms with Gasteiger partial charge < -0.3 is 24.0 Å². The molecule has 1 fully saturated rings. The number of amides is 1. The first-order valence-electron chi connectivity index (χ1n) is 9.83. The van der Waals surface area contributed by atoms with Gasteiger partial charge in [-0.3, -0.25) is 4.79 Å². The molecule has 4 rings (SSSR count). The first kappa shape index (κ1) is 18.6. The third-order valence-corrected chi connectivity index (χ3v) is 5.32. The van der Waals surface area contributed by atoms with Gasteiger partial charge in [-0.15, -0.1) is 0 Å². The van der Waals surface area contributed by atoms with Crippen LogP contribution >= 0.6 is 0 Å². The molecular weight excluding hydrogens is 356 g/mol. The van der Waals surface area contributed by atoms with Gasteiger partial charge >= 0.3 is 0 Å². The third-order valence-electron chi connectivity index (χ3n) is 5.32. The van der Waals surface area contributed by atoms with E-state index in [0.717, 1.165) is 55.5 Å². The molecule has 0 unspecified atom stereocenters. The summed E-state index contributed by atoms with van der Waals surface area (Å²) < 4.78 is 16.7. The Hall–Kier alpha value is -2.73. The van der Waals surface area contributed by atoms with Crippen LogP contribution in [0.25, 0.3) is 0 Å². The van der Waals surface area contributed by atoms with Crippen molar-refractivity contribution in [1.29, 1.82) is 0 Å². The van der Waals surface area contributed by atoms with E-state index in [1.165, 1.54) is 10.5 Å². The first-order valence-corrected chi connectivity index (χ1v) is 9.83. The fourth-order valence-corrected chi connectivity index (χ4v) is 3.76. The number of hydrogen-bond acceptors (Lipinski definition) is 4. The minimum absolute atomic E-state index is 0.0589. The number of piperazine rings is 1. The number of fused-ring (bicyclic) bond motifs is 1. The van der Waals surface area contributed by atoms with Crippen molar-refractivity contribution in [2.45, 2.75) is 26.5 Å². The van der Waals surface area contributed by atoms with Crippen molar-refractivity contribution in [1.82, 2.24) is 4.90 Å². The number of nitrogens with one attached hydrogen (secondary N) is 1. The molecule has 2 aliphatic rings. The van der Waals surface area contributed by atoms with Crippen LogP contribution in [0.4, 0.5) is 0 Å². The molecule has 2 aromatic carbocycles. The van der Waals surface area contributed by atoms with E-state index in [9.17, 15) is 4.79 Å². The Kier molecular flexibility index (Phi) is 5.39. The van der Waals surface area contributed by atoms with Gasteiger partial charge in [0.15, 0.2) is 17.6 Å². The summed E-state index contributed by atoms with van der Waals surface area (Å²) in [7, 11) is 0. The summed E-state index contributed by atoms with van der Waals surface area (Å²) in [5, 5.41) is 0. The lowest BCUT2D eigenvalue weighted by Crippen LogP contribution is -3.13. The second kappa shape index (κ2) is 8.10. The molecular formula is C22H27N2O4+. The van der Waals surface area contributed by atoms with Crippen molar-refractivity contribution in [3.8, 4) is 17.2 Å². The van der Waals surface area contributed by atoms with Crippen molar-refractivity contribution in [2.24, 2.45) is 0 Å². The summed E-state index contributed by atoms with van der Waals surface area (Å²) in [6.45, 7) is 8.43. The molecule has 0 radical (unpaired) electrons. The van der Waals surface area contributed by atoms with Gasteiger partial charge in [0.05, 0.1) is 26.2 Å². The maximum absolute atomic E-state index is 12.7. The second-order valence-electron chi connectivity index (χ2n) is 7.52. The lowest BCUT2D eigenvalue weighted by atomic mass is 10.1.